The van der Waals surface area contributed by atoms with E-state index in [0.717, 1.165) is 29.4 Å². The first-order chi connectivity index (χ1) is 14.0. The molecule has 3 N–H and O–H groups in total. The molecule has 0 radical (unpaired) electrons. The Morgan fingerprint density at radius 2 is 1.93 bits per heavy atom. The topological polar surface area (TPSA) is 76.2 Å². The summed E-state index contributed by atoms with van der Waals surface area (Å²) in [5.74, 6) is -0.439. The predicted molar refractivity (Wildman–Crippen MR) is 107 cm³/mol. The smallest absolute Gasteiger partial charge is 0.240 e. The van der Waals surface area contributed by atoms with Gasteiger partial charge in [0.25, 0.3) is 0 Å². The highest BCUT2D eigenvalue weighted by Gasteiger charge is 2.25. The monoisotopic (exact) mass is 395 g/mol. The number of amides is 1. The first kappa shape index (κ1) is 18.8. The Hall–Kier alpha value is -3.52. The van der Waals surface area contributed by atoms with Crippen molar-refractivity contribution >= 4 is 23.6 Å². The molecule has 148 valence electrons. The summed E-state index contributed by atoms with van der Waals surface area (Å²) < 4.78 is 30.1. The van der Waals surface area contributed by atoms with Crippen molar-refractivity contribution in [2.75, 3.05) is 11.9 Å². The average Bonchev–Trinajstić information content (AvgIpc) is 3.08. The second-order valence-electron chi connectivity index (χ2n) is 6.73. The van der Waals surface area contributed by atoms with E-state index in [4.69, 9.17) is 5.73 Å². The Morgan fingerprint density at radius 3 is 2.66 bits per heavy atom. The van der Waals surface area contributed by atoms with Gasteiger partial charge in [0.05, 0.1) is 13.1 Å². The number of aryl methyl sites for hydroxylation is 1. The molecule has 4 rings (SSSR count). The second kappa shape index (κ2) is 7.48. The molecule has 1 aliphatic heterocycles. The van der Waals surface area contributed by atoms with E-state index in [2.05, 4.69) is 10.3 Å². The van der Waals surface area contributed by atoms with Crippen LogP contribution in [0.15, 0.2) is 48.7 Å². The van der Waals surface area contributed by atoms with Gasteiger partial charge in [0.1, 0.15) is 29.0 Å². The summed E-state index contributed by atoms with van der Waals surface area (Å²) in [5, 5.41) is 3.24. The van der Waals surface area contributed by atoms with Crippen LogP contribution in [0.25, 0.3) is 17.5 Å². The maximum atomic E-state index is 14.5. The van der Waals surface area contributed by atoms with Crippen LogP contribution in [0, 0.1) is 18.6 Å². The summed E-state index contributed by atoms with van der Waals surface area (Å²) >= 11 is 0. The van der Waals surface area contributed by atoms with E-state index in [9.17, 15) is 13.6 Å². The van der Waals surface area contributed by atoms with Crippen LogP contribution in [0.1, 0.15) is 11.4 Å². The molecule has 0 saturated carbocycles. The lowest BCUT2D eigenvalue weighted by molar-refractivity contribution is -0.127. The first-order valence-corrected chi connectivity index (χ1v) is 9.04. The van der Waals surface area contributed by atoms with Crippen LogP contribution in [0.5, 0.6) is 0 Å². The van der Waals surface area contributed by atoms with Crippen LogP contribution in [0.3, 0.4) is 0 Å². The van der Waals surface area contributed by atoms with Crippen molar-refractivity contribution in [2.24, 2.45) is 5.73 Å². The maximum Gasteiger partial charge on any atom is 0.240 e. The minimum atomic E-state index is -0.590. The fourth-order valence-corrected chi connectivity index (χ4v) is 3.15. The molecule has 29 heavy (non-hydrogen) atoms. The fraction of sp³-hybridized carbons (Fsp3) is 0.143. The number of hydrogen-bond acceptors (Lipinski definition) is 4. The Morgan fingerprint density at radius 1 is 1.17 bits per heavy atom. The summed E-state index contributed by atoms with van der Waals surface area (Å²) in [6, 6.07) is 10.9. The number of carbonyl (C=O) groups is 1. The summed E-state index contributed by atoms with van der Waals surface area (Å²) in [4.78, 5) is 17.9. The minimum absolute atomic E-state index is 0.0339. The molecule has 1 aromatic heterocycles. The summed E-state index contributed by atoms with van der Waals surface area (Å²) in [7, 11) is 0. The standard InChI is InChI=1S/C21H19F2N5O/c1-13-2-5-15(6-3-13)25-21-20(16-10-14(22)4-7-17(16)23)26-18-12-27(19(29)11-24)8-9-28(18)21/h2-10,25H,11-12,24H2,1H3. The van der Waals surface area contributed by atoms with Gasteiger partial charge in [-0.3, -0.25) is 9.36 Å². The lowest BCUT2D eigenvalue weighted by Gasteiger charge is -2.22. The molecule has 1 amide bonds. The molecule has 0 aliphatic carbocycles. The zero-order valence-corrected chi connectivity index (χ0v) is 15.7. The quantitative estimate of drug-likeness (QED) is 0.708. The van der Waals surface area contributed by atoms with E-state index in [1.165, 1.54) is 4.90 Å². The van der Waals surface area contributed by atoms with E-state index in [0.29, 0.717) is 11.6 Å². The van der Waals surface area contributed by atoms with Crippen molar-refractivity contribution < 1.29 is 13.6 Å². The van der Waals surface area contributed by atoms with E-state index in [-0.39, 0.29) is 30.3 Å². The molecule has 0 atom stereocenters. The van der Waals surface area contributed by atoms with Gasteiger partial charge in [0.15, 0.2) is 0 Å². The number of nitrogens with zero attached hydrogens (tertiary/aromatic N) is 3. The number of fused-ring (bicyclic) bond motifs is 1. The van der Waals surface area contributed by atoms with Gasteiger partial charge in [-0.25, -0.2) is 13.8 Å². The van der Waals surface area contributed by atoms with E-state index in [1.807, 2.05) is 31.2 Å². The third-order valence-corrected chi connectivity index (χ3v) is 4.68. The summed E-state index contributed by atoms with van der Waals surface area (Å²) in [6.45, 7) is 2.01. The number of imidazole rings is 1. The molecule has 2 heterocycles. The molecule has 2 aromatic carbocycles. The molecule has 0 fully saturated rings. The number of aromatic nitrogens is 2. The highest BCUT2D eigenvalue weighted by Crippen LogP contribution is 2.35. The van der Waals surface area contributed by atoms with Crippen LogP contribution < -0.4 is 11.1 Å². The Balaban J connectivity index is 1.83. The third kappa shape index (κ3) is 3.62. The van der Waals surface area contributed by atoms with Gasteiger partial charge in [0, 0.05) is 23.7 Å². The van der Waals surface area contributed by atoms with Crippen molar-refractivity contribution in [1.82, 2.24) is 14.5 Å². The van der Waals surface area contributed by atoms with Crippen molar-refractivity contribution in [3.05, 3.63) is 71.7 Å². The zero-order valence-electron chi connectivity index (χ0n) is 15.7. The molecular formula is C21H19F2N5O. The number of anilines is 2. The Kier molecular flexibility index (Phi) is 4.85. The number of nitrogens with two attached hydrogens (primary N) is 1. The van der Waals surface area contributed by atoms with Crippen molar-refractivity contribution in [2.45, 2.75) is 13.5 Å². The molecule has 6 nitrogen and oxygen atoms in total. The van der Waals surface area contributed by atoms with Gasteiger partial charge in [-0.1, -0.05) is 17.7 Å². The lowest BCUT2D eigenvalue weighted by Crippen LogP contribution is -2.33. The fourth-order valence-electron chi connectivity index (χ4n) is 3.15. The van der Waals surface area contributed by atoms with E-state index >= 15 is 0 Å². The lowest BCUT2D eigenvalue weighted by atomic mass is 10.1. The van der Waals surface area contributed by atoms with E-state index < -0.39 is 11.6 Å². The van der Waals surface area contributed by atoms with Gasteiger partial charge in [-0.15, -0.1) is 0 Å². The molecule has 1 aliphatic rings. The van der Waals surface area contributed by atoms with E-state index in [1.54, 1.807) is 17.0 Å². The van der Waals surface area contributed by atoms with Crippen molar-refractivity contribution in [3.63, 3.8) is 0 Å². The first-order valence-electron chi connectivity index (χ1n) is 9.04. The van der Waals surface area contributed by atoms with Crippen LogP contribution in [0.4, 0.5) is 20.3 Å². The van der Waals surface area contributed by atoms with Crippen LogP contribution in [0.2, 0.25) is 0 Å². The van der Waals surface area contributed by atoms with Gasteiger partial charge < -0.3 is 16.0 Å². The molecule has 0 spiro atoms. The molecule has 3 aromatic rings. The van der Waals surface area contributed by atoms with Crippen molar-refractivity contribution in [1.29, 1.82) is 0 Å². The molecule has 0 bridgehead atoms. The summed E-state index contributed by atoms with van der Waals surface area (Å²) in [5.41, 5.74) is 7.60. The second-order valence-corrected chi connectivity index (χ2v) is 6.73. The van der Waals surface area contributed by atoms with Gasteiger partial charge >= 0.3 is 0 Å². The van der Waals surface area contributed by atoms with Gasteiger partial charge in [-0.2, -0.15) is 0 Å². The van der Waals surface area contributed by atoms with Gasteiger partial charge in [0.2, 0.25) is 5.91 Å². The number of halogens is 2. The molecule has 0 saturated heterocycles. The van der Waals surface area contributed by atoms with Crippen LogP contribution in [-0.4, -0.2) is 26.9 Å². The zero-order chi connectivity index (χ0) is 20.5. The summed E-state index contributed by atoms with van der Waals surface area (Å²) in [6.07, 6.45) is 3.24. The number of benzene rings is 2. The highest BCUT2D eigenvalue weighted by molar-refractivity contribution is 5.82. The molecular weight excluding hydrogens is 376 g/mol. The van der Waals surface area contributed by atoms with Crippen molar-refractivity contribution in [3.8, 4) is 11.3 Å². The predicted octanol–water partition coefficient (Wildman–Crippen LogP) is 3.61. The molecule has 0 unspecified atom stereocenters. The Bertz CT molecular complexity index is 1110. The third-order valence-electron chi connectivity index (χ3n) is 4.68. The largest absolute Gasteiger partial charge is 0.339 e. The SMILES string of the molecule is Cc1ccc(Nc2c(-c3cc(F)ccc3F)nc3n2C=CN(C(=O)CN)C3)cc1. The normalized spacial score (nSPS) is 12.8. The van der Waals surface area contributed by atoms with Gasteiger partial charge in [-0.05, 0) is 37.3 Å². The number of carbonyl (C=O) groups excluding carboxylic acids is 1. The average molecular weight is 395 g/mol. The Labute approximate surface area is 166 Å². The minimum Gasteiger partial charge on any atom is -0.339 e. The maximum absolute atomic E-state index is 14.5. The van der Waals surface area contributed by atoms with Crippen LogP contribution in [-0.2, 0) is 11.3 Å². The highest BCUT2D eigenvalue weighted by atomic mass is 19.1. The number of hydrogen-bond donors (Lipinski definition) is 2. The number of nitrogens with one attached hydrogen (secondary N) is 1. The van der Waals surface area contributed by atoms with Crippen LogP contribution >= 0.6 is 0 Å². The molecule has 8 heteroatoms. The number of rotatable bonds is 4.